The van der Waals surface area contributed by atoms with Gasteiger partial charge in [0, 0.05) is 19.5 Å². The van der Waals surface area contributed by atoms with Crippen LogP contribution in [0.25, 0.3) is 11.0 Å². The van der Waals surface area contributed by atoms with Crippen LogP contribution in [0.15, 0.2) is 18.2 Å². The topological polar surface area (TPSA) is 43.8 Å². The van der Waals surface area contributed by atoms with E-state index in [1.165, 1.54) is 24.2 Å². The van der Waals surface area contributed by atoms with Crippen molar-refractivity contribution in [2.24, 2.45) is 5.73 Å². The number of unbranched alkanes of at least 4 members (excludes halogenated alkanes) is 1. The summed E-state index contributed by atoms with van der Waals surface area (Å²) in [5, 5.41) is 0. The van der Waals surface area contributed by atoms with Crippen LogP contribution in [0.4, 0.5) is 0 Å². The van der Waals surface area contributed by atoms with Crippen LogP contribution < -0.4 is 5.73 Å². The Balaban J connectivity index is 2.47. The summed E-state index contributed by atoms with van der Waals surface area (Å²) >= 11 is 0. The first-order chi connectivity index (χ1) is 8.30. The van der Waals surface area contributed by atoms with Gasteiger partial charge in [0.1, 0.15) is 5.82 Å². The molecule has 0 aliphatic rings. The zero-order valence-corrected chi connectivity index (χ0v) is 10.7. The van der Waals surface area contributed by atoms with Crippen LogP contribution in [0, 0.1) is 0 Å². The fourth-order valence-electron chi connectivity index (χ4n) is 2.19. The van der Waals surface area contributed by atoms with E-state index in [0.717, 1.165) is 24.0 Å². The van der Waals surface area contributed by atoms with E-state index in [1.54, 1.807) is 0 Å². The number of hydrogen-bond acceptors (Lipinski definition) is 2. The molecule has 2 aromatic rings. The molecule has 2 N–H and O–H groups in total. The predicted octanol–water partition coefficient (Wildman–Crippen LogP) is 2.86. The molecule has 0 amide bonds. The molecule has 3 nitrogen and oxygen atoms in total. The molecule has 0 unspecified atom stereocenters. The lowest BCUT2D eigenvalue weighted by atomic mass is 10.2. The van der Waals surface area contributed by atoms with E-state index in [4.69, 9.17) is 10.7 Å². The maximum absolute atomic E-state index is 5.66. The van der Waals surface area contributed by atoms with Gasteiger partial charge in [-0.2, -0.15) is 0 Å². The summed E-state index contributed by atoms with van der Waals surface area (Å²) in [6.45, 7) is 6.03. The number of aromatic nitrogens is 2. The summed E-state index contributed by atoms with van der Waals surface area (Å²) < 4.78 is 2.35. The molecule has 17 heavy (non-hydrogen) atoms. The van der Waals surface area contributed by atoms with Crippen molar-refractivity contribution < 1.29 is 0 Å². The van der Waals surface area contributed by atoms with E-state index < -0.39 is 0 Å². The van der Waals surface area contributed by atoms with Gasteiger partial charge in [-0.15, -0.1) is 0 Å². The van der Waals surface area contributed by atoms with Gasteiger partial charge in [-0.05, 0) is 24.1 Å². The molecule has 0 bridgehead atoms. The second-order valence-electron chi connectivity index (χ2n) is 4.41. The van der Waals surface area contributed by atoms with E-state index in [1.807, 2.05) is 0 Å². The molecule has 0 aliphatic heterocycles. The van der Waals surface area contributed by atoms with Gasteiger partial charge in [-0.1, -0.05) is 26.3 Å². The first-order valence-electron chi connectivity index (χ1n) is 6.48. The first kappa shape index (κ1) is 12.1. The van der Waals surface area contributed by atoms with Crippen LogP contribution in [0.1, 0.15) is 38.1 Å². The van der Waals surface area contributed by atoms with Crippen molar-refractivity contribution in [1.29, 1.82) is 0 Å². The lowest BCUT2D eigenvalue weighted by molar-refractivity contribution is 0.620. The van der Waals surface area contributed by atoms with Crippen LogP contribution in [0.2, 0.25) is 0 Å². The van der Waals surface area contributed by atoms with Gasteiger partial charge in [0.25, 0.3) is 0 Å². The minimum atomic E-state index is 0.583. The van der Waals surface area contributed by atoms with Crippen molar-refractivity contribution in [3.63, 3.8) is 0 Å². The van der Waals surface area contributed by atoms with Crippen LogP contribution in [0.3, 0.4) is 0 Å². The zero-order chi connectivity index (χ0) is 12.3. The standard InChI is InChI=1S/C14H21N3/c1-3-5-8-17-13-7-6-11(10-15)9-12(13)16-14(17)4-2/h6-7,9H,3-5,8,10,15H2,1-2H3. The van der Waals surface area contributed by atoms with E-state index >= 15 is 0 Å². The number of nitrogens with zero attached hydrogens (tertiary/aromatic N) is 2. The van der Waals surface area contributed by atoms with Crippen molar-refractivity contribution in [2.45, 2.75) is 46.2 Å². The highest BCUT2D eigenvalue weighted by Crippen LogP contribution is 2.19. The summed E-state index contributed by atoms with van der Waals surface area (Å²) in [4.78, 5) is 4.70. The molecule has 92 valence electrons. The third-order valence-corrected chi connectivity index (χ3v) is 3.18. The summed E-state index contributed by atoms with van der Waals surface area (Å²) in [7, 11) is 0. The van der Waals surface area contributed by atoms with E-state index in [-0.39, 0.29) is 0 Å². The molecule has 0 spiro atoms. The molecule has 0 aliphatic carbocycles. The third kappa shape index (κ3) is 2.34. The Bertz CT molecular complexity index is 499. The number of benzene rings is 1. The predicted molar refractivity (Wildman–Crippen MR) is 71.9 cm³/mol. The number of imidazole rings is 1. The van der Waals surface area contributed by atoms with Gasteiger partial charge < -0.3 is 10.3 Å². The average molecular weight is 231 g/mol. The molecule has 2 rings (SSSR count). The zero-order valence-electron chi connectivity index (χ0n) is 10.7. The van der Waals surface area contributed by atoms with Gasteiger partial charge in [0.15, 0.2) is 0 Å². The minimum absolute atomic E-state index is 0.583. The average Bonchev–Trinajstić information content (AvgIpc) is 2.72. The van der Waals surface area contributed by atoms with E-state index in [9.17, 15) is 0 Å². The minimum Gasteiger partial charge on any atom is -0.328 e. The Morgan fingerprint density at radius 3 is 2.76 bits per heavy atom. The van der Waals surface area contributed by atoms with E-state index in [2.05, 4.69) is 36.6 Å². The molecular weight excluding hydrogens is 210 g/mol. The molecule has 0 fully saturated rings. The maximum atomic E-state index is 5.66. The van der Waals surface area contributed by atoms with Crippen LogP contribution in [-0.4, -0.2) is 9.55 Å². The summed E-state index contributed by atoms with van der Waals surface area (Å²) in [6.07, 6.45) is 3.40. The number of aryl methyl sites for hydroxylation is 2. The Hall–Kier alpha value is -1.35. The number of nitrogens with two attached hydrogens (primary N) is 1. The molecule has 1 aromatic carbocycles. The Labute approximate surface area is 103 Å². The Kier molecular flexibility index (Phi) is 3.79. The van der Waals surface area contributed by atoms with Crippen molar-refractivity contribution in [3.8, 4) is 0 Å². The fraction of sp³-hybridized carbons (Fsp3) is 0.500. The van der Waals surface area contributed by atoms with Crippen LogP contribution in [-0.2, 0) is 19.5 Å². The van der Waals surface area contributed by atoms with Crippen molar-refractivity contribution in [2.75, 3.05) is 0 Å². The Morgan fingerprint density at radius 1 is 1.29 bits per heavy atom. The second kappa shape index (κ2) is 5.32. The van der Waals surface area contributed by atoms with Gasteiger partial charge in [-0.25, -0.2) is 4.98 Å². The second-order valence-corrected chi connectivity index (χ2v) is 4.41. The number of hydrogen-bond donors (Lipinski definition) is 1. The fourth-order valence-corrected chi connectivity index (χ4v) is 2.19. The lowest BCUT2D eigenvalue weighted by Crippen LogP contribution is -2.02. The van der Waals surface area contributed by atoms with Crippen molar-refractivity contribution in [1.82, 2.24) is 9.55 Å². The SMILES string of the molecule is CCCCn1c(CC)nc2cc(CN)ccc21. The largest absolute Gasteiger partial charge is 0.328 e. The maximum Gasteiger partial charge on any atom is 0.109 e. The van der Waals surface area contributed by atoms with Gasteiger partial charge in [0.05, 0.1) is 11.0 Å². The van der Waals surface area contributed by atoms with Gasteiger partial charge in [0.2, 0.25) is 0 Å². The monoisotopic (exact) mass is 231 g/mol. The number of rotatable bonds is 5. The summed E-state index contributed by atoms with van der Waals surface area (Å²) in [5.74, 6) is 1.18. The molecule has 0 saturated carbocycles. The molecule has 0 atom stereocenters. The van der Waals surface area contributed by atoms with Gasteiger partial charge >= 0.3 is 0 Å². The summed E-state index contributed by atoms with van der Waals surface area (Å²) in [6, 6.07) is 6.36. The third-order valence-electron chi connectivity index (χ3n) is 3.18. The molecule has 3 heteroatoms. The van der Waals surface area contributed by atoms with Crippen LogP contribution >= 0.6 is 0 Å². The molecule has 1 aromatic heterocycles. The quantitative estimate of drug-likeness (QED) is 0.860. The summed E-state index contributed by atoms with van der Waals surface area (Å²) in [5.41, 5.74) is 9.14. The van der Waals surface area contributed by atoms with Crippen molar-refractivity contribution in [3.05, 3.63) is 29.6 Å². The normalized spacial score (nSPS) is 11.2. The molecule has 0 radical (unpaired) electrons. The highest BCUT2D eigenvalue weighted by Gasteiger charge is 2.08. The smallest absolute Gasteiger partial charge is 0.109 e. The molecular formula is C14H21N3. The highest BCUT2D eigenvalue weighted by atomic mass is 15.1. The Morgan fingerprint density at radius 2 is 2.12 bits per heavy atom. The lowest BCUT2D eigenvalue weighted by Gasteiger charge is -2.06. The number of fused-ring (bicyclic) bond motifs is 1. The van der Waals surface area contributed by atoms with Crippen LogP contribution in [0.5, 0.6) is 0 Å². The molecule has 1 heterocycles. The van der Waals surface area contributed by atoms with Gasteiger partial charge in [-0.3, -0.25) is 0 Å². The highest BCUT2D eigenvalue weighted by molar-refractivity contribution is 5.77. The first-order valence-corrected chi connectivity index (χ1v) is 6.48. The van der Waals surface area contributed by atoms with Crippen molar-refractivity contribution >= 4 is 11.0 Å². The molecule has 0 saturated heterocycles. The van der Waals surface area contributed by atoms with E-state index in [0.29, 0.717) is 6.54 Å².